The topological polar surface area (TPSA) is 92.3 Å². The van der Waals surface area contributed by atoms with Crippen molar-refractivity contribution in [1.29, 1.82) is 0 Å². The van der Waals surface area contributed by atoms with Crippen molar-refractivity contribution in [2.24, 2.45) is 11.3 Å². The van der Waals surface area contributed by atoms with Crippen molar-refractivity contribution in [1.82, 2.24) is 9.97 Å². The normalized spacial score (nSPS) is 16.5. The molecule has 2 aliphatic carbocycles. The van der Waals surface area contributed by atoms with Gasteiger partial charge in [-0.25, -0.2) is 9.78 Å². The summed E-state index contributed by atoms with van der Waals surface area (Å²) in [7, 11) is 0. The van der Waals surface area contributed by atoms with Gasteiger partial charge in [0.25, 0.3) is 0 Å². The van der Waals surface area contributed by atoms with Crippen LogP contribution in [0.5, 0.6) is 5.75 Å². The van der Waals surface area contributed by atoms with Gasteiger partial charge in [-0.05, 0) is 61.5 Å². The Kier molecular flexibility index (Phi) is 5.43. The van der Waals surface area contributed by atoms with Crippen molar-refractivity contribution in [2.45, 2.75) is 65.2 Å². The molecule has 160 valence electrons. The number of rotatable bonds is 8. The summed E-state index contributed by atoms with van der Waals surface area (Å²) in [5.41, 5.74) is 2.66. The molecule has 6 nitrogen and oxygen atoms in total. The molecule has 2 aliphatic rings. The van der Waals surface area contributed by atoms with Gasteiger partial charge in [0.1, 0.15) is 11.3 Å². The van der Waals surface area contributed by atoms with E-state index < -0.39 is 11.4 Å². The first-order valence-electron chi connectivity index (χ1n) is 10.8. The number of aromatic amines is 1. The predicted octanol–water partition coefficient (Wildman–Crippen LogP) is 4.78. The summed E-state index contributed by atoms with van der Waals surface area (Å²) < 4.78 is 6.19. The van der Waals surface area contributed by atoms with Gasteiger partial charge in [0, 0.05) is 18.2 Å². The van der Waals surface area contributed by atoms with E-state index in [2.05, 4.69) is 31.8 Å². The van der Waals surface area contributed by atoms with E-state index in [0.717, 1.165) is 55.0 Å². The van der Waals surface area contributed by atoms with Crippen LogP contribution in [0, 0.1) is 11.3 Å². The number of carbonyl (C=O) groups is 1. The lowest BCUT2D eigenvalue weighted by atomic mass is 9.88. The van der Waals surface area contributed by atoms with Crippen molar-refractivity contribution in [3.05, 3.63) is 45.4 Å². The van der Waals surface area contributed by atoms with Crippen LogP contribution < -0.4 is 10.2 Å². The van der Waals surface area contributed by atoms with Crippen LogP contribution in [0.2, 0.25) is 0 Å². The van der Waals surface area contributed by atoms with Gasteiger partial charge in [0.2, 0.25) is 0 Å². The second-order valence-corrected chi connectivity index (χ2v) is 9.90. The van der Waals surface area contributed by atoms with E-state index in [-0.39, 0.29) is 11.0 Å². The number of hydrogen-bond donors (Lipinski definition) is 2. The summed E-state index contributed by atoms with van der Waals surface area (Å²) in [6.07, 6.45) is 7.70. The molecule has 2 N–H and O–H groups in total. The SMILES string of the molecule is CC(C)(C)CCc1cc(OCC2CC2)c(C2CC2)nc1-c1cc(=O)c(C(=O)O)c[nH]1. The van der Waals surface area contributed by atoms with Crippen molar-refractivity contribution in [2.75, 3.05) is 6.61 Å². The Labute approximate surface area is 176 Å². The molecule has 4 rings (SSSR count). The van der Waals surface area contributed by atoms with Gasteiger partial charge < -0.3 is 14.8 Å². The summed E-state index contributed by atoms with van der Waals surface area (Å²) in [5.74, 6) is 0.710. The smallest absolute Gasteiger partial charge is 0.341 e. The Balaban J connectivity index is 1.76. The summed E-state index contributed by atoms with van der Waals surface area (Å²) in [6, 6.07) is 3.46. The van der Waals surface area contributed by atoms with Gasteiger partial charge in [0.15, 0.2) is 5.43 Å². The fraction of sp³-hybridized carbons (Fsp3) is 0.542. The van der Waals surface area contributed by atoms with E-state index in [4.69, 9.17) is 9.72 Å². The number of hydrogen-bond acceptors (Lipinski definition) is 4. The van der Waals surface area contributed by atoms with E-state index in [0.29, 0.717) is 17.5 Å². The van der Waals surface area contributed by atoms with Crippen molar-refractivity contribution < 1.29 is 14.6 Å². The van der Waals surface area contributed by atoms with Crippen LogP contribution in [-0.4, -0.2) is 27.7 Å². The third kappa shape index (κ3) is 4.91. The van der Waals surface area contributed by atoms with Crippen LogP contribution in [0.3, 0.4) is 0 Å². The van der Waals surface area contributed by atoms with E-state index in [9.17, 15) is 14.7 Å². The minimum absolute atomic E-state index is 0.155. The summed E-state index contributed by atoms with van der Waals surface area (Å²) in [5, 5.41) is 9.17. The zero-order valence-corrected chi connectivity index (χ0v) is 18.0. The van der Waals surface area contributed by atoms with Gasteiger partial charge in [-0.3, -0.25) is 4.79 Å². The Morgan fingerprint density at radius 1 is 1.23 bits per heavy atom. The summed E-state index contributed by atoms with van der Waals surface area (Å²) in [4.78, 5) is 31.5. The van der Waals surface area contributed by atoms with Crippen LogP contribution in [0.4, 0.5) is 0 Å². The molecule has 0 radical (unpaired) electrons. The molecule has 0 aromatic carbocycles. The number of pyridine rings is 2. The molecule has 0 bridgehead atoms. The summed E-state index contributed by atoms with van der Waals surface area (Å²) >= 11 is 0. The first-order valence-corrected chi connectivity index (χ1v) is 10.8. The molecule has 2 aromatic rings. The van der Waals surface area contributed by atoms with Crippen molar-refractivity contribution in [3.8, 4) is 17.1 Å². The highest BCUT2D eigenvalue weighted by Crippen LogP contribution is 2.45. The molecule has 0 amide bonds. The minimum Gasteiger partial charge on any atom is -0.491 e. The number of carboxylic acid groups (broad SMARTS) is 1. The highest BCUT2D eigenvalue weighted by Gasteiger charge is 2.31. The molecular formula is C24H30N2O4. The fourth-order valence-electron chi connectivity index (χ4n) is 3.51. The predicted molar refractivity (Wildman–Crippen MR) is 115 cm³/mol. The van der Waals surface area contributed by atoms with Crippen molar-refractivity contribution >= 4 is 5.97 Å². The fourth-order valence-corrected chi connectivity index (χ4v) is 3.51. The monoisotopic (exact) mass is 410 g/mol. The molecule has 2 fully saturated rings. The van der Waals surface area contributed by atoms with E-state index in [1.165, 1.54) is 25.1 Å². The average molecular weight is 411 g/mol. The maximum Gasteiger partial charge on any atom is 0.341 e. The molecule has 30 heavy (non-hydrogen) atoms. The van der Waals surface area contributed by atoms with Gasteiger partial charge in [-0.2, -0.15) is 0 Å². The third-order valence-corrected chi connectivity index (χ3v) is 5.77. The number of aromatic carboxylic acids is 1. The number of ether oxygens (including phenoxy) is 1. The van der Waals surface area contributed by atoms with Crippen LogP contribution in [0.25, 0.3) is 11.4 Å². The second-order valence-electron chi connectivity index (χ2n) is 9.90. The zero-order chi connectivity index (χ0) is 21.5. The highest BCUT2D eigenvalue weighted by atomic mass is 16.5. The van der Waals surface area contributed by atoms with Gasteiger partial charge >= 0.3 is 5.97 Å². The third-order valence-electron chi connectivity index (χ3n) is 5.77. The maximum absolute atomic E-state index is 12.3. The van der Waals surface area contributed by atoms with Crippen LogP contribution in [-0.2, 0) is 6.42 Å². The minimum atomic E-state index is -1.23. The Morgan fingerprint density at radius 2 is 1.97 bits per heavy atom. The van der Waals surface area contributed by atoms with E-state index >= 15 is 0 Å². The standard InChI is InChI=1S/C24H30N2O4/c1-24(2,3)9-8-16-10-20(30-13-14-4-5-14)22(15-6-7-15)26-21(16)18-11-19(27)17(12-25-18)23(28)29/h10-12,14-15H,4-9,13H2,1-3H3,(H,25,27)(H,28,29). The number of carboxylic acids is 1. The maximum atomic E-state index is 12.3. The van der Waals surface area contributed by atoms with Gasteiger partial charge in [-0.15, -0.1) is 0 Å². The van der Waals surface area contributed by atoms with Crippen LogP contribution >= 0.6 is 0 Å². The largest absolute Gasteiger partial charge is 0.491 e. The molecule has 0 atom stereocenters. The Hall–Kier alpha value is -2.63. The van der Waals surface area contributed by atoms with Gasteiger partial charge in [-0.1, -0.05) is 20.8 Å². The van der Waals surface area contributed by atoms with E-state index in [1.54, 1.807) is 0 Å². The quantitative estimate of drug-likeness (QED) is 0.653. The van der Waals surface area contributed by atoms with Crippen molar-refractivity contribution in [3.63, 3.8) is 0 Å². The number of aromatic nitrogens is 2. The first-order chi connectivity index (χ1) is 14.2. The molecule has 0 spiro atoms. The Morgan fingerprint density at radius 3 is 2.53 bits per heavy atom. The molecule has 6 heteroatoms. The van der Waals surface area contributed by atoms with Crippen LogP contribution in [0.15, 0.2) is 23.1 Å². The zero-order valence-electron chi connectivity index (χ0n) is 18.0. The molecule has 0 unspecified atom stereocenters. The molecule has 2 saturated carbocycles. The molecule has 0 aliphatic heterocycles. The number of aryl methyl sites for hydroxylation is 1. The van der Waals surface area contributed by atoms with Gasteiger partial charge in [0.05, 0.1) is 23.7 Å². The second kappa shape index (κ2) is 7.89. The molecule has 2 heterocycles. The lowest BCUT2D eigenvalue weighted by Gasteiger charge is -2.21. The average Bonchev–Trinajstić information content (AvgIpc) is 3.57. The molecule has 0 saturated heterocycles. The number of nitrogens with one attached hydrogen (secondary N) is 1. The molecular weight excluding hydrogens is 380 g/mol. The lowest BCUT2D eigenvalue weighted by molar-refractivity contribution is 0.0695. The highest BCUT2D eigenvalue weighted by molar-refractivity contribution is 5.87. The first kappa shape index (κ1) is 20.6. The lowest BCUT2D eigenvalue weighted by Crippen LogP contribution is -2.15. The number of H-pyrrole nitrogens is 1. The van der Waals surface area contributed by atoms with Crippen LogP contribution in [0.1, 0.15) is 80.4 Å². The summed E-state index contributed by atoms with van der Waals surface area (Å²) in [6.45, 7) is 7.34. The Bertz CT molecular complexity index is 1010. The molecule has 2 aromatic heterocycles. The van der Waals surface area contributed by atoms with E-state index in [1.807, 2.05) is 0 Å². The number of nitrogens with zero attached hydrogens (tertiary/aromatic N) is 1.